The van der Waals surface area contributed by atoms with Crippen LogP contribution in [0.4, 0.5) is 5.69 Å². The highest BCUT2D eigenvalue weighted by molar-refractivity contribution is 9.10. The van der Waals surface area contributed by atoms with Crippen LogP contribution in [-0.4, -0.2) is 18.8 Å². The van der Waals surface area contributed by atoms with Crippen LogP contribution in [0.2, 0.25) is 0 Å². The Balaban J connectivity index is 2.12. The summed E-state index contributed by atoms with van der Waals surface area (Å²) in [4.78, 5) is 0. The normalized spacial score (nSPS) is 25.5. The fraction of sp³-hybridized carbons (Fsp3) is 0.500. The summed E-state index contributed by atoms with van der Waals surface area (Å²) >= 11 is 3.55. The minimum absolute atomic E-state index is 0.303. The molecule has 1 fully saturated rings. The lowest BCUT2D eigenvalue weighted by molar-refractivity contribution is 0.121. The lowest BCUT2D eigenvalue weighted by Gasteiger charge is -2.18. The molecule has 1 N–H and O–H groups in total. The third-order valence-electron chi connectivity index (χ3n) is 2.84. The predicted octanol–water partition coefficient (Wildman–Crippen LogP) is 3.35. The molecule has 0 aliphatic carbocycles. The summed E-state index contributed by atoms with van der Waals surface area (Å²) in [6.45, 7) is 5.09. The SMILES string of the molecule is Cc1ccc(Br)c(N[C@@H]2CCO[C@@H]2C)c1. The molecule has 0 bridgehead atoms. The Morgan fingerprint density at radius 3 is 2.93 bits per heavy atom. The molecule has 1 aromatic rings. The maximum absolute atomic E-state index is 5.53. The van der Waals surface area contributed by atoms with E-state index in [2.05, 4.69) is 53.3 Å². The molecule has 3 heteroatoms. The van der Waals surface area contributed by atoms with Gasteiger partial charge in [-0.15, -0.1) is 0 Å². The van der Waals surface area contributed by atoms with E-state index in [0.29, 0.717) is 12.1 Å². The van der Waals surface area contributed by atoms with Crippen molar-refractivity contribution in [2.45, 2.75) is 32.4 Å². The van der Waals surface area contributed by atoms with Crippen molar-refractivity contribution in [2.75, 3.05) is 11.9 Å². The quantitative estimate of drug-likeness (QED) is 0.889. The van der Waals surface area contributed by atoms with E-state index in [9.17, 15) is 0 Å². The molecule has 1 saturated heterocycles. The Morgan fingerprint density at radius 1 is 1.47 bits per heavy atom. The molecule has 0 spiro atoms. The van der Waals surface area contributed by atoms with Gasteiger partial charge in [0.25, 0.3) is 0 Å². The van der Waals surface area contributed by atoms with Gasteiger partial charge < -0.3 is 10.1 Å². The summed E-state index contributed by atoms with van der Waals surface area (Å²) in [6, 6.07) is 6.78. The van der Waals surface area contributed by atoms with E-state index in [1.54, 1.807) is 0 Å². The van der Waals surface area contributed by atoms with E-state index in [0.717, 1.165) is 23.2 Å². The van der Waals surface area contributed by atoms with E-state index >= 15 is 0 Å². The van der Waals surface area contributed by atoms with Gasteiger partial charge in [-0.2, -0.15) is 0 Å². The minimum Gasteiger partial charge on any atom is -0.379 e. The average Bonchev–Trinajstić information content (AvgIpc) is 2.58. The van der Waals surface area contributed by atoms with Gasteiger partial charge >= 0.3 is 0 Å². The zero-order valence-corrected chi connectivity index (χ0v) is 10.7. The number of ether oxygens (including phenoxy) is 1. The van der Waals surface area contributed by atoms with Crippen LogP contribution in [0, 0.1) is 6.92 Å². The molecular formula is C12H16BrNO. The number of halogens is 1. The molecule has 0 aromatic heterocycles. The molecule has 2 nitrogen and oxygen atoms in total. The lowest BCUT2D eigenvalue weighted by atomic mass is 10.1. The first-order valence-electron chi connectivity index (χ1n) is 5.31. The third kappa shape index (κ3) is 2.52. The number of hydrogen-bond donors (Lipinski definition) is 1. The monoisotopic (exact) mass is 269 g/mol. The zero-order chi connectivity index (χ0) is 10.8. The van der Waals surface area contributed by atoms with Crippen LogP contribution in [0.5, 0.6) is 0 Å². The maximum Gasteiger partial charge on any atom is 0.0748 e. The van der Waals surface area contributed by atoms with Gasteiger partial charge in [-0.05, 0) is 53.9 Å². The molecule has 0 saturated carbocycles. The van der Waals surface area contributed by atoms with Gasteiger partial charge in [0.2, 0.25) is 0 Å². The first-order valence-corrected chi connectivity index (χ1v) is 6.10. The van der Waals surface area contributed by atoms with Crippen LogP contribution in [0.1, 0.15) is 18.9 Å². The molecule has 0 unspecified atom stereocenters. The van der Waals surface area contributed by atoms with E-state index < -0.39 is 0 Å². The summed E-state index contributed by atoms with van der Waals surface area (Å²) in [6.07, 6.45) is 1.39. The van der Waals surface area contributed by atoms with Crippen molar-refractivity contribution < 1.29 is 4.74 Å². The smallest absolute Gasteiger partial charge is 0.0748 e. The summed E-state index contributed by atoms with van der Waals surface area (Å²) in [7, 11) is 0. The van der Waals surface area contributed by atoms with Crippen LogP contribution < -0.4 is 5.32 Å². The van der Waals surface area contributed by atoms with Crippen LogP contribution in [0.3, 0.4) is 0 Å². The van der Waals surface area contributed by atoms with Crippen molar-refractivity contribution in [2.24, 2.45) is 0 Å². The van der Waals surface area contributed by atoms with Crippen molar-refractivity contribution >= 4 is 21.6 Å². The number of hydrogen-bond acceptors (Lipinski definition) is 2. The van der Waals surface area contributed by atoms with Gasteiger partial charge in [-0.25, -0.2) is 0 Å². The first-order chi connectivity index (χ1) is 7.16. The van der Waals surface area contributed by atoms with Crippen molar-refractivity contribution in [3.8, 4) is 0 Å². The van der Waals surface area contributed by atoms with Gasteiger partial charge in [-0.3, -0.25) is 0 Å². The second-order valence-corrected chi connectivity index (χ2v) is 4.95. The number of rotatable bonds is 2. The Hall–Kier alpha value is -0.540. The Bertz CT molecular complexity index is 353. The van der Waals surface area contributed by atoms with E-state index in [4.69, 9.17) is 4.74 Å². The predicted molar refractivity (Wildman–Crippen MR) is 66.3 cm³/mol. The summed E-state index contributed by atoms with van der Waals surface area (Å²) in [5.74, 6) is 0. The second-order valence-electron chi connectivity index (χ2n) is 4.10. The Kier molecular flexibility index (Phi) is 3.32. The van der Waals surface area contributed by atoms with E-state index in [-0.39, 0.29) is 0 Å². The van der Waals surface area contributed by atoms with Crippen LogP contribution in [0.25, 0.3) is 0 Å². The highest BCUT2D eigenvalue weighted by atomic mass is 79.9. The van der Waals surface area contributed by atoms with Gasteiger partial charge in [0.05, 0.1) is 12.1 Å². The second kappa shape index (κ2) is 4.54. The first kappa shape index (κ1) is 11.0. The molecule has 15 heavy (non-hydrogen) atoms. The minimum atomic E-state index is 0.303. The van der Waals surface area contributed by atoms with E-state index in [1.807, 2.05) is 0 Å². The molecule has 0 radical (unpaired) electrons. The molecule has 1 heterocycles. The van der Waals surface area contributed by atoms with Crippen molar-refractivity contribution in [1.29, 1.82) is 0 Å². The molecule has 1 aliphatic heterocycles. The van der Waals surface area contributed by atoms with E-state index in [1.165, 1.54) is 5.56 Å². The standard InChI is InChI=1S/C12H16BrNO/c1-8-3-4-10(13)12(7-8)14-11-5-6-15-9(11)2/h3-4,7,9,11,14H,5-6H2,1-2H3/t9-,11-/m1/s1. The van der Waals surface area contributed by atoms with Gasteiger partial charge in [0.1, 0.15) is 0 Å². The lowest BCUT2D eigenvalue weighted by Crippen LogP contribution is -2.26. The molecule has 2 atom stereocenters. The molecule has 1 aromatic carbocycles. The summed E-state index contributed by atoms with van der Waals surface area (Å²) in [5, 5.41) is 3.53. The number of aryl methyl sites for hydroxylation is 1. The third-order valence-corrected chi connectivity index (χ3v) is 3.53. The van der Waals surface area contributed by atoms with Crippen LogP contribution in [0.15, 0.2) is 22.7 Å². The average molecular weight is 270 g/mol. The van der Waals surface area contributed by atoms with Crippen molar-refractivity contribution in [3.63, 3.8) is 0 Å². The Labute approximate surface area is 99.1 Å². The van der Waals surface area contributed by atoms with Gasteiger partial charge in [-0.1, -0.05) is 6.07 Å². The van der Waals surface area contributed by atoms with Gasteiger partial charge in [0, 0.05) is 16.8 Å². The fourth-order valence-electron chi connectivity index (χ4n) is 1.87. The molecule has 2 rings (SSSR count). The van der Waals surface area contributed by atoms with Crippen LogP contribution in [-0.2, 0) is 4.74 Å². The van der Waals surface area contributed by atoms with Crippen LogP contribution >= 0.6 is 15.9 Å². The highest BCUT2D eigenvalue weighted by Gasteiger charge is 2.24. The highest BCUT2D eigenvalue weighted by Crippen LogP contribution is 2.26. The fourth-order valence-corrected chi connectivity index (χ4v) is 2.23. The zero-order valence-electron chi connectivity index (χ0n) is 9.09. The van der Waals surface area contributed by atoms with Crippen molar-refractivity contribution in [3.05, 3.63) is 28.2 Å². The molecule has 82 valence electrons. The largest absolute Gasteiger partial charge is 0.379 e. The summed E-state index contributed by atoms with van der Waals surface area (Å²) in [5.41, 5.74) is 2.43. The number of anilines is 1. The topological polar surface area (TPSA) is 21.3 Å². The maximum atomic E-state index is 5.53. The number of nitrogens with one attached hydrogen (secondary N) is 1. The Morgan fingerprint density at radius 2 is 2.27 bits per heavy atom. The molecule has 0 amide bonds. The number of benzene rings is 1. The van der Waals surface area contributed by atoms with Gasteiger partial charge in [0.15, 0.2) is 0 Å². The molecular weight excluding hydrogens is 254 g/mol. The van der Waals surface area contributed by atoms with Crippen molar-refractivity contribution in [1.82, 2.24) is 0 Å². The molecule has 1 aliphatic rings. The summed E-state index contributed by atoms with van der Waals surface area (Å²) < 4.78 is 6.65.